The van der Waals surface area contributed by atoms with Gasteiger partial charge >= 0.3 is 0 Å². The molecule has 1 heterocycles. The van der Waals surface area contributed by atoms with Gasteiger partial charge in [-0.1, -0.05) is 5.16 Å². The Hall–Kier alpha value is -2.11. The predicted molar refractivity (Wildman–Crippen MR) is 47.9 cm³/mol. The standard InChI is InChI=1S/C9H6F2N2O2/c10-4-1-5(8(14)6(11)2-4)9-7(12)3-13-15-9/h1-3,14H,12H2. The van der Waals surface area contributed by atoms with E-state index in [0.29, 0.717) is 6.07 Å². The summed E-state index contributed by atoms with van der Waals surface area (Å²) in [5.41, 5.74) is 5.36. The van der Waals surface area contributed by atoms with Gasteiger partial charge < -0.3 is 15.4 Å². The molecule has 0 radical (unpaired) electrons. The van der Waals surface area contributed by atoms with Gasteiger partial charge in [-0.15, -0.1) is 0 Å². The molecule has 0 aliphatic rings. The lowest BCUT2D eigenvalue weighted by atomic mass is 10.1. The average Bonchev–Trinajstić information content (AvgIpc) is 2.58. The first-order valence-electron chi connectivity index (χ1n) is 3.98. The van der Waals surface area contributed by atoms with Crippen LogP contribution in [0.5, 0.6) is 5.75 Å². The Morgan fingerprint density at radius 1 is 1.33 bits per heavy atom. The van der Waals surface area contributed by atoms with E-state index in [1.54, 1.807) is 0 Å². The molecule has 0 fully saturated rings. The summed E-state index contributed by atoms with van der Waals surface area (Å²) in [5.74, 6) is -2.71. The van der Waals surface area contributed by atoms with Crippen molar-refractivity contribution in [1.29, 1.82) is 0 Å². The van der Waals surface area contributed by atoms with Gasteiger partial charge in [0.1, 0.15) is 11.5 Å². The van der Waals surface area contributed by atoms with Gasteiger partial charge in [0.25, 0.3) is 0 Å². The van der Waals surface area contributed by atoms with Gasteiger partial charge in [0, 0.05) is 6.07 Å². The van der Waals surface area contributed by atoms with Crippen molar-refractivity contribution in [1.82, 2.24) is 5.16 Å². The molecule has 0 bridgehead atoms. The third-order valence-electron chi connectivity index (χ3n) is 1.87. The largest absolute Gasteiger partial charge is 0.504 e. The normalized spacial score (nSPS) is 10.5. The van der Waals surface area contributed by atoms with Crippen LogP contribution in [0.2, 0.25) is 0 Å². The van der Waals surface area contributed by atoms with Crippen LogP contribution in [0.3, 0.4) is 0 Å². The van der Waals surface area contributed by atoms with Crippen molar-refractivity contribution in [3.63, 3.8) is 0 Å². The lowest BCUT2D eigenvalue weighted by Gasteiger charge is -2.02. The highest BCUT2D eigenvalue weighted by molar-refractivity contribution is 5.74. The molecule has 2 aromatic rings. The van der Waals surface area contributed by atoms with E-state index in [-0.39, 0.29) is 17.0 Å². The van der Waals surface area contributed by atoms with Gasteiger partial charge in [-0.05, 0) is 6.07 Å². The van der Waals surface area contributed by atoms with Crippen molar-refractivity contribution in [2.24, 2.45) is 0 Å². The molecule has 0 saturated heterocycles. The monoisotopic (exact) mass is 212 g/mol. The maximum atomic E-state index is 13.0. The number of aromatic hydroxyl groups is 1. The Morgan fingerprint density at radius 2 is 2.07 bits per heavy atom. The number of nitrogens with zero attached hydrogens (tertiary/aromatic N) is 1. The molecule has 0 atom stereocenters. The molecule has 6 heteroatoms. The fourth-order valence-electron chi connectivity index (χ4n) is 1.19. The second-order valence-electron chi connectivity index (χ2n) is 2.89. The zero-order valence-electron chi connectivity index (χ0n) is 7.37. The molecule has 0 amide bonds. The Balaban J connectivity index is 2.68. The number of halogens is 2. The molecule has 3 N–H and O–H groups in total. The quantitative estimate of drug-likeness (QED) is 0.757. The first kappa shape index (κ1) is 9.45. The van der Waals surface area contributed by atoms with E-state index in [9.17, 15) is 13.9 Å². The number of aromatic nitrogens is 1. The molecule has 0 aliphatic heterocycles. The van der Waals surface area contributed by atoms with E-state index in [4.69, 9.17) is 5.73 Å². The van der Waals surface area contributed by atoms with Crippen molar-refractivity contribution in [3.05, 3.63) is 30.0 Å². The van der Waals surface area contributed by atoms with Crippen LogP contribution in [0.4, 0.5) is 14.5 Å². The van der Waals surface area contributed by atoms with Gasteiger partial charge in [0.05, 0.1) is 11.8 Å². The fourth-order valence-corrected chi connectivity index (χ4v) is 1.19. The van der Waals surface area contributed by atoms with Gasteiger partial charge in [-0.25, -0.2) is 8.78 Å². The number of rotatable bonds is 1. The minimum absolute atomic E-state index is 0.0640. The highest BCUT2D eigenvalue weighted by atomic mass is 19.1. The third-order valence-corrected chi connectivity index (χ3v) is 1.87. The summed E-state index contributed by atoms with van der Waals surface area (Å²) in [5, 5.41) is 12.7. The number of nitrogens with two attached hydrogens (primary N) is 1. The predicted octanol–water partition coefficient (Wildman–Crippen LogP) is 1.91. The Labute approximate surface area is 82.9 Å². The zero-order valence-corrected chi connectivity index (χ0v) is 7.37. The molecule has 0 unspecified atom stereocenters. The molecule has 2 rings (SSSR count). The second kappa shape index (κ2) is 3.23. The van der Waals surface area contributed by atoms with Crippen LogP contribution in [0.25, 0.3) is 11.3 Å². The summed E-state index contributed by atoms with van der Waals surface area (Å²) in [6.45, 7) is 0. The molecule has 0 spiro atoms. The molecular weight excluding hydrogens is 206 g/mol. The molecule has 0 saturated carbocycles. The highest BCUT2D eigenvalue weighted by Crippen LogP contribution is 2.35. The smallest absolute Gasteiger partial charge is 0.193 e. The maximum absolute atomic E-state index is 13.0. The SMILES string of the molecule is Nc1cnoc1-c1cc(F)cc(F)c1O. The fraction of sp³-hybridized carbons (Fsp3) is 0. The Morgan fingerprint density at radius 3 is 2.67 bits per heavy atom. The van der Waals surface area contributed by atoms with Crippen LogP contribution >= 0.6 is 0 Å². The summed E-state index contributed by atoms with van der Waals surface area (Å²) in [6.07, 6.45) is 1.18. The summed E-state index contributed by atoms with van der Waals surface area (Å²) in [6, 6.07) is 1.47. The number of hydrogen-bond donors (Lipinski definition) is 2. The van der Waals surface area contributed by atoms with E-state index in [0.717, 1.165) is 6.07 Å². The Kier molecular flexibility index (Phi) is 2.03. The van der Waals surface area contributed by atoms with Crippen molar-refractivity contribution < 1.29 is 18.4 Å². The number of hydrogen-bond acceptors (Lipinski definition) is 4. The zero-order chi connectivity index (χ0) is 11.0. The van der Waals surface area contributed by atoms with Crippen LogP contribution in [0, 0.1) is 11.6 Å². The van der Waals surface area contributed by atoms with Crippen molar-refractivity contribution in [2.45, 2.75) is 0 Å². The minimum atomic E-state index is -1.08. The van der Waals surface area contributed by atoms with E-state index in [1.165, 1.54) is 6.20 Å². The van der Waals surface area contributed by atoms with Crippen molar-refractivity contribution >= 4 is 5.69 Å². The molecular formula is C9H6F2N2O2. The number of phenolic OH excluding ortho intramolecular Hbond substituents is 1. The molecule has 4 nitrogen and oxygen atoms in total. The van der Waals surface area contributed by atoms with Gasteiger partial charge in [0.15, 0.2) is 17.3 Å². The minimum Gasteiger partial charge on any atom is -0.504 e. The van der Waals surface area contributed by atoms with Crippen molar-refractivity contribution in [3.8, 4) is 17.1 Å². The number of benzene rings is 1. The van der Waals surface area contributed by atoms with Crippen LogP contribution in [0.15, 0.2) is 22.9 Å². The topological polar surface area (TPSA) is 72.3 Å². The van der Waals surface area contributed by atoms with E-state index in [2.05, 4.69) is 9.68 Å². The molecule has 78 valence electrons. The maximum Gasteiger partial charge on any atom is 0.193 e. The first-order chi connectivity index (χ1) is 7.09. The average molecular weight is 212 g/mol. The second-order valence-corrected chi connectivity index (χ2v) is 2.89. The van der Waals surface area contributed by atoms with Gasteiger partial charge in [-0.2, -0.15) is 0 Å². The van der Waals surface area contributed by atoms with E-state index >= 15 is 0 Å². The number of phenols is 1. The summed E-state index contributed by atoms with van der Waals surface area (Å²) < 4.78 is 30.5. The molecule has 0 aliphatic carbocycles. The summed E-state index contributed by atoms with van der Waals surface area (Å²) in [4.78, 5) is 0. The lowest BCUT2D eigenvalue weighted by Crippen LogP contribution is -1.89. The molecule has 15 heavy (non-hydrogen) atoms. The van der Waals surface area contributed by atoms with E-state index in [1.807, 2.05) is 0 Å². The van der Waals surface area contributed by atoms with Gasteiger partial charge in [-0.3, -0.25) is 0 Å². The first-order valence-corrected chi connectivity index (χ1v) is 3.98. The number of anilines is 1. The highest BCUT2D eigenvalue weighted by Gasteiger charge is 2.17. The van der Waals surface area contributed by atoms with E-state index < -0.39 is 17.4 Å². The summed E-state index contributed by atoms with van der Waals surface area (Å²) >= 11 is 0. The van der Waals surface area contributed by atoms with Crippen LogP contribution < -0.4 is 5.73 Å². The number of nitrogen functional groups attached to an aromatic ring is 1. The van der Waals surface area contributed by atoms with Crippen LogP contribution in [-0.2, 0) is 0 Å². The lowest BCUT2D eigenvalue weighted by molar-refractivity contribution is 0.412. The third kappa shape index (κ3) is 1.50. The molecule has 1 aromatic heterocycles. The van der Waals surface area contributed by atoms with Crippen molar-refractivity contribution in [2.75, 3.05) is 5.73 Å². The van der Waals surface area contributed by atoms with Crippen LogP contribution in [0.1, 0.15) is 0 Å². The Bertz CT molecular complexity index is 511. The van der Waals surface area contributed by atoms with Gasteiger partial charge in [0.2, 0.25) is 0 Å². The van der Waals surface area contributed by atoms with Crippen LogP contribution in [-0.4, -0.2) is 10.3 Å². The molecule has 1 aromatic carbocycles. The summed E-state index contributed by atoms with van der Waals surface area (Å²) in [7, 11) is 0.